The zero-order valence-electron chi connectivity index (χ0n) is 20.9. The molecule has 3 aromatic rings. The van der Waals surface area contributed by atoms with E-state index in [1.165, 1.54) is 28.4 Å². The van der Waals surface area contributed by atoms with Gasteiger partial charge in [0, 0.05) is 53.8 Å². The molecule has 0 N–H and O–H groups in total. The SMILES string of the molecule is O=C(COc1nccnc1C(F)(F)F)N1CCC(c2nc(C3=NOC(c4c(Cl)cccc4C(F)(F)F)C3)cs2)CC1. The molecule has 5 rings (SSSR count). The number of halogens is 7. The highest BCUT2D eigenvalue weighted by molar-refractivity contribution is 7.10. The molecule has 0 aliphatic carbocycles. The number of hydrogen-bond acceptors (Lipinski definition) is 8. The average molecular weight is 620 g/mol. The standard InChI is InChI=1S/C25H20ClF6N5O3S/c26-15-3-1-2-14(24(27,28)29)20(15)18-10-16(36-40-18)17-12-41-23(35-17)13-4-8-37(9-5-13)19(38)11-39-22-21(25(30,31)32)33-6-7-34-22/h1-3,6-7,12-13,18H,4-5,8-11H2. The maximum atomic E-state index is 13.5. The predicted octanol–water partition coefficient (Wildman–Crippen LogP) is 6.27. The second-order valence-corrected chi connectivity index (χ2v) is 10.6. The fourth-order valence-corrected chi connectivity index (χ4v) is 5.92. The van der Waals surface area contributed by atoms with Crippen molar-refractivity contribution in [1.82, 2.24) is 19.9 Å². The van der Waals surface area contributed by atoms with Crippen molar-refractivity contribution in [2.75, 3.05) is 19.7 Å². The van der Waals surface area contributed by atoms with E-state index < -0.39 is 48.1 Å². The highest BCUT2D eigenvalue weighted by Gasteiger charge is 2.40. The van der Waals surface area contributed by atoms with Crippen LogP contribution in [0.4, 0.5) is 26.3 Å². The Morgan fingerprint density at radius 2 is 1.83 bits per heavy atom. The van der Waals surface area contributed by atoms with E-state index in [-0.39, 0.29) is 22.9 Å². The molecule has 4 heterocycles. The van der Waals surface area contributed by atoms with Crippen molar-refractivity contribution in [3.63, 3.8) is 0 Å². The Hall–Kier alpha value is -3.46. The van der Waals surface area contributed by atoms with E-state index in [1.54, 1.807) is 5.38 Å². The number of alkyl halides is 6. The third-order valence-electron chi connectivity index (χ3n) is 6.63. The van der Waals surface area contributed by atoms with E-state index in [4.69, 9.17) is 21.2 Å². The molecule has 1 amide bonds. The number of carbonyl (C=O) groups excluding carboxylic acids is 1. The Bertz CT molecular complexity index is 1460. The molecule has 41 heavy (non-hydrogen) atoms. The van der Waals surface area contributed by atoms with Crippen LogP contribution in [0.25, 0.3) is 0 Å². The number of aromatic nitrogens is 3. The van der Waals surface area contributed by atoms with Gasteiger partial charge in [0.15, 0.2) is 12.7 Å². The molecule has 1 aromatic carbocycles. The van der Waals surface area contributed by atoms with Gasteiger partial charge in [0.2, 0.25) is 11.6 Å². The van der Waals surface area contributed by atoms with E-state index in [2.05, 4.69) is 20.1 Å². The van der Waals surface area contributed by atoms with E-state index in [0.29, 0.717) is 37.3 Å². The second-order valence-electron chi connectivity index (χ2n) is 9.26. The van der Waals surface area contributed by atoms with Crippen LogP contribution >= 0.6 is 22.9 Å². The number of likely N-dealkylation sites (tertiary alicyclic amines) is 1. The number of amides is 1. The Kier molecular flexibility index (Phi) is 8.10. The third kappa shape index (κ3) is 6.40. The maximum absolute atomic E-state index is 13.5. The summed E-state index contributed by atoms with van der Waals surface area (Å²) in [6.07, 6.45) is -7.28. The first-order valence-corrected chi connectivity index (χ1v) is 13.5. The summed E-state index contributed by atoms with van der Waals surface area (Å²) in [5, 5.41) is 6.44. The van der Waals surface area contributed by atoms with E-state index >= 15 is 0 Å². The smallest absolute Gasteiger partial charge is 0.438 e. The number of carbonyl (C=O) groups is 1. The molecule has 2 aliphatic heterocycles. The third-order valence-corrected chi connectivity index (χ3v) is 7.97. The second kappa shape index (κ2) is 11.4. The first-order chi connectivity index (χ1) is 19.4. The molecule has 2 aliphatic rings. The summed E-state index contributed by atoms with van der Waals surface area (Å²) >= 11 is 7.46. The lowest BCUT2D eigenvalue weighted by molar-refractivity contribution is -0.144. The van der Waals surface area contributed by atoms with Crippen molar-refractivity contribution in [2.45, 2.75) is 43.6 Å². The van der Waals surface area contributed by atoms with Gasteiger partial charge in [-0.05, 0) is 25.0 Å². The van der Waals surface area contributed by atoms with Gasteiger partial charge in [-0.15, -0.1) is 11.3 Å². The van der Waals surface area contributed by atoms with Crippen molar-refractivity contribution in [3.05, 3.63) is 68.5 Å². The lowest BCUT2D eigenvalue weighted by Crippen LogP contribution is -2.40. The summed E-state index contributed by atoms with van der Waals surface area (Å²) in [7, 11) is 0. The lowest BCUT2D eigenvalue weighted by Gasteiger charge is -2.31. The van der Waals surface area contributed by atoms with Gasteiger partial charge < -0.3 is 14.5 Å². The maximum Gasteiger partial charge on any atom is 0.438 e. The van der Waals surface area contributed by atoms with Gasteiger partial charge >= 0.3 is 12.4 Å². The summed E-state index contributed by atoms with van der Waals surface area (Å²) in [4.78, 5) is 30.8. The highest BCUT2D eigenvalue weighted by Crippen LogP contribution is 2.43. The lowest BCUT2D eigenvalue weighted by atomic mass is 9.97. The molecule has 1 saturated heterocycles. The average Bonchev–Trinajstić information content (AvgIpc) is 3.61. The number of nitrogens with zero attached hydrogens (tertiary/aromatic N) is 5. The van der Waals surface area contributed by atoms with Crippen molar-refractivity contribution < 1.29 is 40.7 Å². The fraction of sp³-hybridized carbons (Fsp3) is 0.400. The Labute approximate surface area is 238 Å². The Balaban J connectivity index is 1.16. The molecule has 218 valence electrons. The highest BCUT2D eigenvalue weighted by atomic mass is 35.5. The molecule has 0 radical (unpaired) electrons. The van der Waals surface area contributed by atoms with Crippen LogP contribution in [0, 0.1) is 0 Å². The van der Waals surface area contributed by atoms with Gasteiger partial charge in [-0.25, -0.2) is 15.0 Å². The number of piperidine rings is 1. The number of benzene rings is 1. The monoisotopic (exact) mass is 619 g/mol. The molecule has 1 unspecified atom stereocenters. The predicted molar refractivity (Wildman–Crippen MR) is 135 cm³/mol. The number of hydrogen-bond donors (Lipinski definition) is 0. The van der Waals surface area contributed by atoms with Crippen LogP contribution < -0.4 is 4.74 Å². The molecular weight excluding hydrogens is 600 g/mol. The molecule has 8 nitrogen and oxygen atoms in total. The molecule has 0 saturated carbocycles. The zero-order chi connectivity index (χ0) is 29.4. The number of ether oxygens (including phenoxy) is 1. The normalized spacial score (nSPS) is 18.3. The summed E-state index contributed by atoms with van der Waals surface area (Å²) in [6.45, 7) is 0.0662. The van der Waals surface area contributed by atoms with Crippen LogP contribution in [-0.2, 0) is 22.0 Å². The van der Waals surface area contributed by atoms with E-state index in [0.717, 1.165) is 23.5 Å². The van der Waals surface area contributed by atoms with Gasteiger partial charge in [0.25, 0.3) is 5.91 Å². The zero-order valence-corrected chi connectivity index (χ0v) is 22.4. The summed E-state index contributed by atoms with van der Waals surface area (Å²) in [5.41, 5.74) is -1.47. The first kappa shape index (κ1) is 29.0. The van der Waals surface area contributed by atoms with Gasteiger partial charge in [0.1, 0.15) is 5.71 Å². The van der Waals surface area contributed by atoms with Gasteiger partial charge in [-0.1, -0.05) is 22.8 Å². The van der Waals surface area contributed by atoms with E-state index in [1.807, 2.05) is 0 Å². The van der Waals surface area contributed by atoms with Crippen LogP contribution in [0.15, 0.2) is 41.1 Å². The molecule has 0 bridgehead atoms. The first-order valence-electron chi connectivity index (χ1n) is 12.2. The topological polar surface area (TPSA) is 89.8 Å². The molecule has 1 fully saturated rings. The molecular formula is C25H20ClF6N5O3S. The Morgan fingerprint density at radius 1 is 1.10 bits per heavy atom. The fourth-order valence-electron chi connectivity index (χ4n) is 4.63. The van der Waals surface area contributed by atoms with Crippen molar-refractivity contribution in [1.29, 1.82) is 0 Å². The minimum absolute atomic E-state index is 0.00894. The summed E-state index contributed by atoms with van der Waals surface area (Å²) in [5.74, 6) is -1.23. The minimum Gasteiger partial charge on any atom is -0.466 e. The van der Waals surface area contributed by atoms with Gasteiger partial charge in [0.05, 0.1) is 16.3 Å². The Morgan fingerprint density at radius 3 is 2.54 bits per heavy atom. The van der Waals surface area contributed by atoms with Crippen molar-refractivity contribution in [2.24, 2.45) is 5.16 Å². The van der Waals surface area contributed by atoms with Crippen molar-refractivity contribution >= 4 is 34.6 Å². The molecule has 1 atom stereocenters. The van der Waals surface area contributed by atoms with Gasteiger partial charge in [-0.3, -0.25) is 4.79 Å². The molecule has 2 aromatic heterocycles. The van der Waals surface area contributed by atoms with Crippen LogP contribution in [0.1, 0.15) is 58.8 Å². The molecule has 16 heteroatoms. The summed E-state index contributed by atoms with van der Waals surface area (Å²) in [6, 6.07) is 3.54. The quantitative estimate of drug-likeness (QED) is 0.302. The van der Waals surface area contributed by atoms with Crippen molar-refractivity contribution in [3.8, 4) is 5.88 Å². The summed E-state index contributed by atoms with van der Waals surface area (Å²) < 4.78 is 84.8. The van der Waals surface area contributed by atoms with Crippen LogP contribution in [0.5, 0.6) is 5.88 Å². The number of oxime groups is 1. The number of thiazole rings is 1. The van der Waals surface area contributed by atoms with Crippen LogP contribution in [-0.4, -0.2) is 51.2 Å². The number of rotatable bonds is 6. The van der Waals surface area contributed by atoms with E-state index in [9.17, 15) is 31.1 Å². The van der Waals surface area contributed by atoms with Crippen LogP contribution in [0.3, 0.4) is 0 Å². The molecule has 0 spiro atoms. The van der Waals surface area contributed by atoms with Gasteiger partial charge in [-0.2, -0.15) is 26.3 Å². The minimum atomic E-state index is -4.77. The van der Waals surface area contributed by atoms with Crippen LogP contribution in [0.2, 0.25) is 5.02 Å². The largest absolute Gasteiger partial charge is 0.466 e.